The average Bonchev–Trinajstić information content (AvgIpc) is 2.81. The van der Waals surface area contributed by atoms with Crippen LogP contribution in [0, 0.1) is 12.8 Å². The molecule has 0 aromatic carbocycles. The van der Waals surface area contributed by atoms with E-state index in [0.29, 0.717) is 6.04 Å². The number of nitrogens with one attached hydrogen (secondary N) is 1. The number of rotatable bonds is 6. The van der Waals surface area contributed by atoms with E-state index in [0.717, 1.165) is 18.9 Å². The third kappa shape index (κ3) is 3.79. The molecular weight excluding hydrogens is 252 g/mol. The van der Waals surface area contributed by atoms with Gasteiger partial charge < -0.3 is 5.32 Å². The van der Waals surface area contributed by atoms with Crippen molar-refractivity contribution in [3.63, 3.8) is 0 Å². The molecule has 1 aromatic rings. The molecule has 108 valence electrons. The van der Waals surface area contributed by atoms with Crippen LogP contribution in [0.4, 0.5) is 0 Å². The number of aromatic nitrogens is 1. The molecule has 0 bridgehead atoms. The smallest absolute Gasteiger partial charge is 0.110 e. The van der Waals surface area contributed by atoms with E-state index in [4.69, 9.17) is 4.98 Å². The maximum atomic E-state index is 4.91. The van der Waals surface area contributed by atoms with Crippen molar-refractivity contribution in [3.8, 4) is 0 Å². The molecule has 1 aromatic heterocycles. The maximum absolute atomic E-state index is 4.91. The number of hydrogen-bond donors (Lipinski definition) is 1. The van der Waals surface area contributed by atoms with E-state index in [9.17, 15) is 0 Å². The van der Waals surface area contributed by atoms with Crippen molar-refractivity contribution in [2.45, 2.75) is 71.8 Å². The fourth-order valence-electron chi connectivity index (χ4n) is 3.13. The molecule has 0 spiro atoms. The zero-order valence-electron chi connectivity index (χ0n) is 12.7. The molecule has 0 radical (unpaired) electrons. The van der Waals surface area contributed by atoms with Crippen LogP contribution in [0.25, 0.3) is 0 Å². The summed E-state index contributed by atoms with van der Waals surface area (Å²) in [6, 6.07) is 0.504. The predicted octanol–water partition coefficient (Wildman–Crippen LogP) is 4.63. The first kappa shape index (κ1) is 15.0. The molecule has 1 N–H and O–H groups in total. The normalized spacial score (nSPS) is 18.7. The molecule has 2 rings (SSSR count). The van der Waals surface area contributed by atoms with Gasteiger partial charge in [-0.15, -0.1) is 11.3 Å². The molecule has 19 heavy (non-hydrogen) atoms. The standard InChI is InChI=1S/C16H28N2S/c1-4-11-17-15(13-9-7-6-8-10-13)16-18-14(5-2)12(3)19-16/h13,15,17H,4-11H2,1-3H3. The van der Waals surface area contributed by atoms with Gasteiger partial charge in [0.2, 0.25) is 0 Å². The van der Waals surface area contributed by atoms with Gasteiger partial charge >= 0.3 is 0 Å². The van der Waals surface area contributed by atoms with Crippen LogP contribution in [-0.2, 0) is 6.42 Å². The van der Waals surface area contributed by atoms with E-state index in [2.05, 4.69) is 26.1 Å². The van der Waals surface area contributed by atoms with Gasteiger partial charge in [0, 0.05) is 4.88 Å². The van der Waals surface area contributed by atoms with Gasteiger partial charge in [0.15, 0.2) is 0 Å². The quantitative estimate of drug-likeness (QED) is 0.821. The summed E-state index contributed by atoms with van der Waals surface area (Å²) in [5, 5.41) is 5.11. The second-order valence-corrected chi connectivity index (χ2v) is 6.97. The van der Waals surface area contributed by atoms with Gasteiger partial charge in [-0.05, 0) is 45.1 Å². The number of hydrogen-bond acceptors (Lipinski definition) is 3. The molecule has 1 aliphatic carbocycles. The Morgan fingerprint density at radius 1 is 1.26 bits per heavy atom. The Morgan fingerprint density at radius 3 is 2.58 bits per heavy atom. The van der Waals surface area contributed by atoms with Crippen LogP contribution >= 0.6 is 11.3 Å². The molecule has 1 heterocycles. The molecule has 0 aliphatic heterocycles. The average molecular weight is 280 g/mol. The van der Waals surface area contributed by atoms with Crippen LogP contribution in [-0.4, -0.2) is 11.5 Å². The minimum absolute atomic E-state index is 0.504. The first-order valence-corrected chi connectivity index (χ1v) is 8.77. The molecule has 1 fully saturated rings. The summed E-state index contributed by atoms with van der Waals surface area (Å²) in [5.74, 6) is 0.801. The van der Waals surface area contributed by atoms with Crippen LogP contribution in [0.2, 0.25) is 0 Å². The summed E-state index contributed by atoms with van der Waals surface area (Å²) in [4.78, 5) is 6.33. The summed E-state index contributed by atoms with van der Waals surface area (Å²) in [5.41, 5.74) is 1.30. The first-order chi connectivity index (χ1) is 9.26. The van der Waals surface area contributed by atoms with Gasteiger partial charge in [-0.2, -0.15) is 0 Å². The summed E-state index contributed by atoms with van der Waals surface area (Å²) in [7, 11) is 0. The summed E-state index contributed by atoms with van der Waals surface area (Å²) in [6.07, 6.45) is 9.25. The Labute approximate surface area is 122 Å². The Morgan fingerprint density at radius 2 is 2.00 bits per heavy atom. The summed E-state index contributed by atoms with van der Waals surface area (Å²) in [6.45, 7) is 7.79. The van der Waals surface area contributed by atoms with Gasteiger partial charge in [0.1, 0.15) is 5.01 Å². The zero-order chi connectivity index (χ0) is 13.7. The third-order valence-electron chi connectivity index (χ3n) is 4.25. The molecule has 1 aliphatic rings. The Hall–Kier alpha value is -0.410. The number of aryl methyl sites for hydroxylation is 2. The zero-order valence-corrected chi connectivity index (χ0v) is 13.5. The molecule has 2 nitrogen and oxygen atoms in total. The molecule has 1 saturated carbocycles. The minimum atomic E-state index is 0.504. The highest BCUT2D eigenvalue weighted by Crippen LogP contribution is 2.36. The third-order valence-corrected chi connectivity index (χ3v) is 5.34. The predicted molar refractivity (Wildman–Crippen MR) is 83.8 cm³/mol. The highest BCUT2D eigenvalue weighted by Gasteiger charge is 2.27. The van der Waals surface area contributed by atoms with Crippen molar-refractivity contribution in [1.82, 2.24) is 10.3 Å². The minimum Gasteiger partial charge on any atom is -0.308 e. The monoisotopic (exact) mass is 280 g/mol. The lowest BCUT2D eigenvalue weighted by molar-refractivity contribution is 0.271. The van der Waals surface area contributed by atoms with Gasteiger partial charge in [-0.1, -0.05) is 33.1 Å². The molecule has 0 saturated heterocycles. The van der Waals surface area contributed by atoms with Crippen LogP contribution in [0.5, 0.6) is 0 Å². The topological polar surface area (TPSA) is 24.9 Å². The maximum Gasteiger partial charge on any atom is 0.110 e. The summed E-state index contributed by atoms with van der Waals surface area (Å²) < 4.78 is 0. The molecule has 3 heteroatoms. The van der Waals surface area contributed by atoms with E-state index < -0.39 is 0 Å². The van der Waals surface area contributed by atoms with Crippen LogP contribution < -0.4 is 5.32 Å². The van der Waals surface area contributed by atoms with Crippen molar-refractivity contribution in [2.75, 3.05) is 6.54 Å². The van der Waals surface area contributed by atoms with Crippen molar-refractivity contribution in [1.29, 1.82) is 0 Å². The van der Waals surface area contributed by atoms with Gasteiger partial charge in [-0.25, -0.2) is 4.98 Å². The van der Waals surface area contributed by atoms with Gasteiger partial charge in [0.05, 0.1) is 11.7 Å². The lowest BCUT2D eigenvalue weighted by Crippen LogP contribution is -2.30. The van der Waals surface area contributed by atoms with E-state index in [1.54, 1.807) is 0 Å². The largest absolute Gasteiger partial charge is 0.308 e. The van der Waals surface area contributed by atoms with Crippen molar-refractivity contribution in [2.24, 2.45) is 5.92 Å². The Kier molecular flexibility index (Phi) is 5.83. The molecular formula is C16H28N2S. The lowest BCUT2D eigenvalue weighted by atomic mass is 9.84. The number of thiazole rings is 1. The molecule has 1 unspecified atom stereocenters. The van der Waals surface area contributed by atoms with E-state index >= 15 is 0 Å². The van der Waals surface area contributed by atoms with Crippen molar-refractivity contribution < 1.29 is 0 Å². The van der Waals surface area contributed by atoms with E-state index in [-0.39, 0.29) is 0 Å². The van der Waals surface area contributed by atoms with Crippen LogP contribution in [0.1, 0.15) is 74.0 Å². The first-order valence-electron chi connectivity index (χ1n) is 7.95. The van der Waals surface area contributed by atoms with Crippen molar-refractivity contribution in [3.05, 3.63) is 15.6 Å². The van der Waals surface area contributed by atoms with E-state index in [1.807, 2.05) is 11.3 Å². The fraction of sp³-hybridized carbons (Fsp3) is 0.812. The second-order valence-electron chi connectivity index (χ2n) is 5.74. The van der Waals surface area contributed by atoms with Crippen LogP contribution in [0.15, 0.2) is 0 Å². The molecule has 1 atom stereocenters. The van der Waals surface area contributed by atoms with Gasteiger partial charge in [0.25, 0.3) is 0 Å². The van der Waals surface area contributed by atoms with Crippen molar-refractivity contribution >= 4 is 11.3 Å². The highest BCUT2D eigenvalue weighted by molar-refractivity contribution is 7.11. The summed E-state index contributed by atoms with van der Waals surface area (Å²) >= 11 is 1.92. The Balaban J connectivity index is 2.14. The Bertz CT molecular complexity index is 380. The molecule has 0 amide bonds. The number of nitrogens with zero attached hydrogens (tertiary/aromatic N) is 1. The SMILES string of the molecule is CCCNC(c1nc(CC)c(C)s1)C1CCCCC1. The van der Waals surface area contributed by atoms with Gasteiger partial charge in [-0.3, -0.25) is 0 Å². The fourth-order valence-corrected chi connectivity index (χ4v) is 4.31. The van der Waals surface area contributed by atoms with E-state index in [1.165, 1.54) is 54.1 Å². The lowest BCUT2D eigenvalue weighted by Gasteiger charge is -2.29. The second kappa shape index (κ2) is 7.39. The highest BCUT2D eigenvalue weighted by atomic mass is 32.1. The van der Waals surface area contributed by atoms with Crippen LogP contribution in [0.3, 0.4) is 0 Å².